The number of allylic oxidation sites excluding steroid dienone is 1. The molecular formula is C10H16O3. The van der Waals surface area contributed by atoms with Gasteiger partial charge in [0.15, 0.2) is 0 Å². The van der Waals surface area contributed by atoms with Crippen LogP contribution in [0.2, 0.25) is 0 Å². The van der Waals surface area contributed by atoms with Crippen LogP contribution in [0.25, 0.3) is 0 Å². The molecule has 0 radical (unpaired) electrons. The molecule has 0 aromatic rings. The molecule has 13 heavy (non-hydrogen) atoms. The topological polar surface area (TPSA) is 60.7 Å². The minimum Gasteiger partial charge on any atom is -0.396 e. The highest BCUT2D eigenvalue weighted by Crippen LogP contribution is 2.24. The summed E-state index contributed by atoms with van der Waals surface area (Å²) in [6.07, 6.45) is 6.95. The second-order valence-corrected chi connectivity index (χ2v) is 3.37. The van der Waals surface area contributed by atoms with Gasteiger partial charge in [0.1, 0.15) is 0 Å². The smallest absolute Gasteiger partial charge is 0.0887 e. The summed E-state index contributed by atoms with van der Waals surface area (Å²) in [6.45, 7) is 0.124. The molecular weight excluding hydrogens is 168 g/mol. The van der Waals surface area contributed by atoms with Crippen molar-refractivity contribution in [1.29, 1.82) is 0 Å². The lowest BCUT2D eigenvalue weighted by Gasteiger charge is -2.25. The van der Waals surface area contributed by atoms with Crippen molar-refractivity contribution < 1.29 is 15.3 Å². The fraction of sp³-hybridized carbons (Fsp3) is 0.600. The number of rotatable bonds is 4. The van der Waals surface area contributed by atoms with E-state index in [0.717, 1.165) is 5.57 Å². The predicted octanol–water partition coefficient (Wildman–Crippen LogP) is 0.369. The van der Waals surface area contributed by atoms with Crippen molar-refractivity contribution in [1.82, 2.24) is 0 Å². The first kappa shape index (κ1) is 10.4. The van der Waals surface area contributed by atoms with Crippen LogP contribution >= 0.6 is 0 Å². The molecule has 0 aromatic heterocycles. The van der Waals surface area contributed by atoms with Gasteiger partial charge in [0.25, 0.3) is 0 Å². The molecule has 3 heteroatoms. The first-order valence-corrected chi connectivity index (χ1v) is 4.52. The average Bonchev–Trinajstić information content (AvgIpc) is 2.10. The molecule has 0 fully saturated rings. The number of aliphatic hydroxyl groups excluding tert-OH is 2. The standard InChI is InChI=1S/C10H16O3/c11-7-3-9-1-4-10(13,5-2-9)6-8-12/h1-2,4,11-13H,3,5-8H2. The van der Waals surface area contributed by atoms with Gasteiger partial charge in [-0.3, -0.25) is 0 Å². The quantitative estimate of drug-likeness (QED) is 0.591. The lowest BCUT2D eigenvalue weighted by Crippen LogP contribution is -2.28. The molecule has 1 rings (SSSR count). The molecule has 0 amide bonds. The summed E-state index contributed by atoms with van der Waals surface area (Å²) < 4.78 is 0. The van der Waals surface area contributed by atoms with Crippen LogP contribution in [0.5, 0.6) is 0 Å². The van der Waals surface area contributed by atoms with Gasteiger partial charge in [-0.25, -0.2) is 0 Å². The Kier molecular flexibility index (Phi) is 3.66. The molecule has 0 spiro atoms. The van der Waals surface area contributed by atoms with Gasteiger partial charge >= 0.3 is 0 Å². The van der Waals surface area contributed by atoms with Gasteiger partial charge < -0.3 is 15.3 Å². The van der Waals surface area contributed by atoms with E-state index < -0.39 is 5.60 Å². The second kappa shape index (κ2) is 4.56. The molecule has 1 aliphatic carbocycles. The van der Waals surface area contributed by atoms with Crippen LogP contribution in [0, 0.1) is 0 Å². The Hall–Kier alpha value is -0.640. The third-order valence-corrected chi connectivity index (χ3v) is 2.27. The van der Waals surface area contributed by atoms with Gasteiger partial charge in [0.2, 0.25) is 0 Å². The van der Waals surface area contributed by atoms with Crippen molar-refractivity contribution in [3.05, 3.63) is 23.8 Å². The molecule has 3 nitrogen and oxygen atoms in total. The Labute approximate surface area is 78.0 Å². The highest BCUT2D eigenvalue weighted by molar-refractivity contribution is 5.27. The van der Waals surface area contributed by atoms with Crippen LogP contribution in [-0.4, -0.2) is 34.1 Å². The van der Waals surface area contributed by atoms with E-state index in [4.69, 9.17) is 10.2 Å². The fourth-order valence-corrected chi connectivity index (χ4v) is 1.40. The highest BCUT2D eigenvalue weighted by atomic mass is 16.3. The molecule has 0 saturated carbocycles. The molecule has 3 N–H and O–H groups in total. The van der Waals surface area contributed by atoms with Crippen molar-refractivity contribution >= 4 is 0 Å². The van der Waals surface area contributed by atoms with Gasteiger partial charge in [-0.15, -0.1) is 0 Å². The Morgan fingerprint density at radius 1 is 1.31 bits per heavy atom. The third kappa shape index (κ3) is 2.95. The van der Waals surface area contributed by atoms with E-state index in [0.29, 0.717) is 19.3 Å². The zero-order valence-corrected chi connectivity index (χ0v) is 7.61. The van der Waals surface area contributed by atoms with Crippen molar-refractivity contribution in [2.24, 2.45) is 0 Å². The Morgan fingerprint density at radius 2 is 2.08 bits per heavy atom. The third-order valence-electron chi connectivity index (χ3n) is 2.27. The minimum absolute atomic E-state index is 0.00991. The number of aliphatic hydroxyl groups is 3. The average molecular weight is 184 g/mol. The lowest BCUT2D eigenvalue weighted by molar-refractivity contribution is 0.0622. The zero-order chi connectivity index (χ0) is 9.73. The Morgan fingerprint density at radius 3 is 2.54 bits per heavy atom. The van der Waals surface area contributed by atoms with Gasteiger partial charge in [-0.2, -0.15) is 0 Å². The second-order valence-electron chi connectivity index (χ2n) is 3.37. The molecule has 1 unspecified atom stereocenters. The van der Waals surface area contributed by atoms with Gasteiger partial charge in [-0.05, 0) is 18.4 Å². The van der Waals surface area contributed by atoms with Gasteiger partial charge in [-0.1, -0.05) is 18.2 Å². The zero-order valence-electron chi connectivity index (χ0n) is 7.61. The van der Waals surface area contributed by atoms with Crippen LogP contribution in [0.4, 0.5) is 0 Å². The van der Waals surface area contributed by atoms with Crippen molar-refractivity contribution in [3.8, 4) is 0 Å². The SMILES string of the molecule is OCCC1=CCC(O)(CCO)C=C1. The van der Waals surface area contributed by atoms with Gasteiger partial charge in [0, 0.05) is 19.6 Å². The highest BCUT2D eigenvalue weighted by Gasteiger charge is 2.23. The predicted molar refractivity (Wildman–Crippen MR) is 50.2 cm³/mol. The van der Waals surface area contributed by atoms with Crippen molar-refractivity contribution in [2.45, 2.75) is 24.9 Å². The molecule has 1 atom stereocenters. The first-order valence-electron chi connectivity index (χ1n) is 4.52. The van der Waals surface area contributed by atoms with E-state index in [2.05, 4.69) is 0 Å². The normalized spacial score (nSPS) is 27.5. The molecule has 1 aliphatic rings. The molecule has 0 bridgehead atoms. The fourth-order valence-electron chi connectivity index (χ4n) is 1.40. The van der Waals surface area contributed by atoms with E-state index in [1.807, 2.05) is 12.2 Å². The number of hydrogen-bond acceptors (Lipinski definition) is 3. The van der Waals surface area contributed by atoms with Crippen LogP contribution in [-0.2, 0) is 0 Å². The van der Waals surface area contributed by atoms with E-state index in [-0.39, 0.29) is 13.2 Å². The molecule has 0 aliphatic heterocycles. The Balaban J connectivity index is 2.51. The van der Waals surface area contributed by atoms with Crippen LogP contribution in [0.15, 0.2) is 23.8 Å². The summed E-state index contributed by atoms with van der Waals surface area (Å²) in [4.78, 5) is 0. The van der Waals surface area contributed by atoms with E-state index in [1.165, 1.54) is 0 Å². The molecule has 0 aromatic carbocycles. The summed E-state index contributed by atoms with van der Waals surface area (Å²) in [5.41, 5.74) is 0.165. The lowest BCUT2D eigenvalue weighted by atomic mass is 9.89. The summed E-state index contributed by atoms with van der Waals surface area (Å²) >= 11 is 0. The minimum atomic E-state index is -0.881. The summed E-state index contributed by atoms with van der Waals surface area (Å²) in [7, 11) is 0. The maximum absolute atomic E-state index is 9.80. The molecule has 74 valence electrons. The number of hydrogen-bond donors (Lipinski definition) is 3. The Bertz CT molecular complexity index is 220. The van der Waals surface area contributed by atoms with E-state index >= 15 is 0 Å². The van der Waals surface area contributed by atoms with Gasteiger partial charge in [0.05, 0.1) is 5.60 Å². The van der Waals surface area contributed by atoms with Crippen molar-refractivity contribution in [3.63, 3.8) is 0 Å². The van der Waals surface area contributed by atoms with Crippen molar-refractivity contribution in [2.75, 3.05) is 13.2 Å². The van der Waals surface area contributed by atoms with Crippen LogP contribution in [0.3, 0.4) is 0 Å². The largest absolute Gasteiger partial charge is 0.396 e. The van der Waals surface area contributed by atoms with E-state index in [9.17, 15) is 5.11 Å². The molecule has 0 saturated heterocycles. The summed E-state index contributed by atoms with van der Waals surface area (Å²) in [6, 6.07) is 0. The van der Waals surface area contributed by atoms with E-state index in [1.54, 1.807) is 6.08 Å². The monoisotopic (exact) mass is 184 g/mol. The first-order chi connectivity index (χ1) is 6.20. The maximum Gasteiger partial charge on any atom is 0.0887 e. The maximum atomic E-state index is 9.80. The van der Waals surface area contributed by atoms with Crippen LogP contribution < -0.4 is 0 Å². The summed E-state index contributed by atoms with van der Waals surface area (Å²) in [5, 5.41) is 27.2. The van der Waals surface area contributed by atoms with Crippen LogP contribution in [0.1, 0.15) is 19.3 Å². The molecule has 0 heterocycles. The summed E-state index contributed by atoms with van der Waals surface area (Å²) in [5.74, 6) is 0.